The van der Waals surface area contributed by atoms with Gasteiger partial charge in [0.1, 0.15) is 5.52 Å². The minimum absolute atomic E-state index is 0.649. The zero-order valence-electron chi connectivity index (χ0n) is 9.69. The van der Waals surface area contributed by atoms with E-state index in [1.165, 1.54) is 18.5 Å². The fourth-order valence-corrected chi connectivity index (χ4v) is 3.33. The predicted molar refractivity (Wildman–Crippen MR) is 68.3 cm³/mol. The Morgan fingerprint density at radius 1 is 1.18 bits per heavy atom. The average Bonchev–Trinajstić information content (AvgIpc) is 2.92. The Morgan fingerprint density at radius 3 is 2.82 bits per heavy atom. The second kappa shape index (κ2) is 3.47. The van der Waals surface area contributed by atoms with Gasteiger partial charge in [-0.2, -0.15) is 0 Å². The molecule has 3 heterocycles. The molecule has 2 unspecified atom stereocenters. The van der Waals surface area contributed by atoms with Gasteiger partial charge < -0.3 is 15.2 Å². The Balaban J connectivity index is 1.86. The Hall–Kier alpha value is -1.55. The zero-order chi connectivity index (χ0) is 11.2. The molecule has 4 rings (SSSR count). The van der Waals surface area contributed by atoms with Crippen LogP contribution in [0.4, 0.5) is 5.69 Å². The second-order valence-corrected chi connectivity index (χ2v) is 5.03. The van der Waals surface area contributed by atoms with Crippen LogP contribution in [-0.4, -0.2) is 35.1 Å². The lowest BCUT2D eigenvalue weighted by Crippen LogP contribution is -2.52. The smallest absolute Gasteiger partial charge is 0.112 e. The molecule has 0 radical (unpaired) electrons. The molecule has 0 aliphatic carbocycles. The standard InChI is InChI=1S/C13H16N4/c1-2-11-13(16-8-15-11)12(3-1)17-9-4-5-10(17)7-14-6-9/h1-3,8-10,14H,4-7H2,(H,15,16). The summed E-state index contributed by atoms with van der Waals surface area (Å²) in [6, 6.07) is 7.72. The molecule has 2 bridgehead atoms. The maximum absolute atomic E-state index is 4.47. The molecule has 17 heavy (non-hydrogen) atoms. The number of H-pyrrole nitrogens is 1. The number of aromatic amines is 1. The summed E-state index contributed by atoms with van der Waals surface area (Å²) in [6.07, 6.45) is 4.40. The molecule has 0 saturated carbocycles. The van der Waals surface area contributed by atoms with Gasteiger partial charge in [0, 0.05) is 25.2 Å². The van der Waals surface area contributed by atoms with Gasteiger partial charge in [-0.05, 0) is 25.0 Å². The van der Waals surface area contributed by atoms with Crippen molar-refractivity contribution in [1.29, 1.82) is 0 Å². The van der Waals surface area contributed by atoms with Gasteiger partial charge in [-0.1, -0.05) is 6.07 Å². The molecule has 0 spiro atoms. The van der Waals surface area contributed by atoms with Crippen molar-refractivity contribution >= 4 is 16.7 Å². The Morgan fingerprint density at radius 2 is 2.00 bits per heavy atom. The van der Waals surface area contributed by atoms with Gasteiger partial charge in [0.05, 0.1) is 17.5 Å². The molecule has 1 aromatic carbocycles. The summed E-state index contributed by atoms with van der Waals surface area (Å²) in [5, 5.41) is 3.52. The molecule has 2 N–H and O–H groups in total. The molecule has 2 aliphatic heterocycles. The van der Waals surface area contributed by atoms with Crippen LogP contribution in [0.3, 0.4) is 0 Å². The lowest BCUT2D eigenvalue weighted by atomic mass is 10.1. The normalized spacial score (nSPS) is 27.9. The van der Waals surface area contributed by atoms with Crippen molar-refractivity contribution in [3.05, 3.63) is 24.5 Å². The minimum Gasteiger partial charge on any atom is -0.361 e. The van der Waals surface area contributed by atoms with Crippen molar-refractivity contribution in [3.63, 3.8) is 0 Å². The number of fused-ring (bicyclic) bond motifs is 3. The summed E-state index contributed by atoms with van der Waals surface area (Å²) < 4.78 is 0. The van der Waals surface area contributed by atoms with Crippen LogP contribution < -0.4 is 10.2 Å². The fourth-order valence-electron chi connectivity index (χ4n) is 3.33. The lowest BCUT2D eigenvalue weighted by molar-refractivity contribution is 0.486. The number of piperazine rings is 1. The number of aromatic nitrogens is 2. The van der Waals surface area contributed by atoms with Crippen LogP contribution in [-0.2, 0) is 0 Å². The average molecular weight is 228 g/mol. The maximum Gasteiger partial charge on any atom is 0.112 e. The molecular weight excluding hydrogens is 212 g/mol. The molecule has 2 aliphatic rings. The third kappa shape index (κ3) is 1.30. The number of anilines is 1. The lowest BCUT2D eigenvalue weighted by Gasteiger charge is -2.37. The highest BCUT2D eigenvalue weighted by atomic mass is 15.3. The van der Waals surface area contributed by atoms with Crippen LogP contribution in [0.15, 0.2) is 24.5 Å². The molecule has 2 aromatic rings. The number of para-hydroxylation sites is 1. The van der Waals surface area contributed by atoms with E-state index < -0.39 is 0 Å². The molecule has 4 heteroatoms. The molecule has 0 amide bonds. The van der Waals surface area contributed by atoms with Crippen LogP contribution in [0, 0.1) is 0 Å². The highest BCUT2D eigenvalue weighted by Crippen LogP contribution is 2.35. The van der Waals surface area contributed by atoms with E-state index in [1.807, 2.05) is 0 Å². The van der Waals surface area contributed by atoms with Gasteiger partial charge in [-0.3, -0.25) is 0 Å². The van der Waals surface area contributed by atoms with Crippen molar-refractivity contribution in [1.82, 2.24) is 15.3 Å². The summed E-state index contributed by atoms with van der Waals surface area (Å²) in [5.74, 6) is 0. The molecule has 2 atom stereocenters. The Bertz CT molecular complexity index is 531. The molecule has 2 fully saturated rings. The summed E-state index contributed by atoms with van der Waals surface area (Å²) >= 11 is 0. The summed E-state index contributed by atoms with van der Waals surface area (Å²) in [6.45, 7) is 2.22. The van der Waals surface area contributed by atoms with Gasteiger partial charge in [-0.15, -0.1) is 0 Å². The van der Waals surface area contributed by atoms with Crippen LogP contribution in [0.5, 0.6) is 0 Å². The van der Waals surface area contributed by atoms with E-state index in [0.717, 1.165) is 24.1 Å². The SMILES string of the molecule is c1cc(N2C3CCC2CNC3)c2nc[nH]c2c1. The van der Waals surface area contributed by atoms with Gasteiger partial charge in [0.25, 0.3) is 0 Å². The second-order valence-electron chi connectivity index (χ2n) is 5.03. The van der Waals surface area contributed by atoms with Gasteiger partial charge in [0.2, 0.25) is 0 Å². The Kier molecular flexibility index (Phi) is 1.93. The van der Waals surface area contributed by atoms with E-state index in [2.05, 4.69) is 38.4 Å². The first-order valence-corrected chi connectivity index (χ1v) is 6.34. The van der Waals surface area contributed by atoms with E-state index >= 15 is 0 Å². The highest BCUT2D eigenvalue weighted by Gasteiger charge is 2.37. The first-order valence-electron chi connectivity index (χ1n) is 6.34. The van der Waals surface area contributed by atoms with E-state index in [1.54, 1.807) is 6.33 Å². The summed E-state index contributed by atoms with van der Waals surface area (Å²) in [4.78, 5) is 10.3. The third-order valence-corrected chi connectivity index (χ3v) is 4.09. The first-order chi connectivity index (χ1) is 8.43. The molecule has 2 saturated heterocycles. The monoisotopic (exact) mass is 228 g/mol. The molecular formula is C13H16N4. The molecule has 1 aromatic heterocycles. The molecule has 88 valence electrons. The number of imidazole rings is 1. The van der Waals surface area contributed by atoms with Crippen molar-refractivity contribution in [2.45, 2.75) is 24.9 Å². The molecule has 4 nitrogen and oxygen atoms in total. The van der Waals surface area contributed by atoms with E-state index in [9.17, 15) is 0 Å². The maximum atomic E-state index is 4.47. The first kappa shape index (κ1) is 9.48. The summed E-state index contributed by atoms with van der Waals surface area (Å²) in [5.41, 5.74) is 3.56. The number of nitrogens with zero attached hydrogens (tertiary/aromatic N) is 2. The van der Waals surface area contributed by atoms with Crippen LogP contribution >= 0.6 is 0 Å². The van der Waals surface area contributed by atoms with Crippen molar-refractivity contribution in [2.75, 3.05) is 18.0 Å². The predicted octanol–water partition coefficient (Wildman–Crippen LogP) is 1.50. The topological polar surface area (TPSA) is 44.0 Å². The van der Waals surface area contributed by atoms with Gasteiger partial charge >= 0.3 is 0 Å². The van der Waals surface area contributed by atoms with Crippen LogP contribution in [0.2, 0.25) is 0 Å². The minimum atomic E-state index is 0.649. The van der Waals surface area contributed by atoms with E-state index in [0.29, 0.717) is 12.1 Å². The van der Waals surface area contributed by atoms with Crippen LogP contribution in [0.25, 0.3) is 11.0 Å². The Labute approximate surface area is 100 Å². The number of nitrogens with one attached hydrogen (secondary N) is 2. The third-order valence-electron chi connectivity index (χ3n) is 4.09. The van der Waals surface area contributed by atoms with Crippen molar-refractivity contribution < 1.29 is 0 Å². The fraction of sp³-hybridized carbons (Fsp3) is 0.462. The van der Waals surface area contributed by atoms with E-state index in [4.69, 9.17) is 0 Å². The number of hydrogen-bond acceptors (Lipinski definition) is 3. The quantitative estimate of drug-likeness (QED) is 0.777. The van der Waals surface area contributed by atoms with E-state index in [-0.39, 0.29) is 0 Å². The van der Waals surface area contributed by atoms with Crippen LogP contribution in [0.1, 0.15) is 12.8 Å². The largest absolute Gasteiger partial charge is 0.361 e. The van der Waals surface area contributed by atoms with Crippen molar-refractivity contribution in [2.24, 2.45) is 0 Å². The number of rotatable bonds is 1. The number of benzene rings is 1. The summed E-state index contributed by atoms with van der Waals surface area (Å²) in [7, 11) is 0. The zero-order valence-corrected chi connectivity index (χ0v) is 9.69. The van der Waals surface area contributed by atoms with Gasteiger partial charge in [-0.25, -0.2) is 4.98 Å². The van der Waals surface area contributed by atoms with Gasteiger partial charge in [0.15, 0.2) is 0 Å². The highest BCUT2D eigenvalue weighted by molar-refractivity contribution is 5.89. The van der Waals surface area contributed by atoms with Crippen molar-refractivity contribution in [3.8, 4) is 0 Å². The number of hydrogen-bond donors (Lipinski definition) is 2.